The van der Waals surface area contributed by atoms with Gasteiger partial charge in [0.05, 0.1) is 67.2 Å². The Balaban J connectivity index is 0.000000299. The SMILES string of the molecule is C#CCCCC/C(=C/B1OC(C)(C)C(C)(C)O1)B1OC(C)(C)C(C)(C)O1.CC1(C)OB(/C=C(/CCCC/C(=C/B2OC(C)(C)C(C)(C)O2)B2OC(C)(C)C(C)(C)O2)B2OC(C)(C)C(C)(C)O2)OC1(C)C. The first-order chi connectivity index (χ1) is 31.5. The summed E-state index contributed by atoms with van der Waals surface area (Å²) in [6.07, 6.45) is 12.3. The van der Waals surface area contributed by atoms with E-state index in [9.17, 15) is 0 Å². The lowest BCUT2D eigenvalue weighted by molar-refractivity contribution is 0.00578. The van der Waals surface area contributed by atoms with Crippen molar-refractivity contribution in [3.63, 3.8) is 0 Å². The molecular weight excluding hydrogens is 881 g/mol. The molecule has 6 heterocycles. The zero-order valence-electron chi connectivity index (χ0n) is 48.3. The summed E-state index contributed by atoms with van der Waals surface area (Å²) in [4.78, 5) is 0. The summed E-state index contributed by atoms with van der Waals surface area (Å²) in [7, 11) is -2.68. The van der Waals surface area contributed by atoms with E-state index in [0.717, 1.165) is 67.8 Å². The molecule has 6 fully saturated rings. The predicted molar refractivity (Wildman–Crippen MR) is 287 cm³/mol. The van der Waals surface area contributed by atoms with Crippen molar-refractivity contribution < 1.29 is 55.9 Å². The van der Waals surface area contributed by atoms with E-state index in [1.165, 1.54) is 0 Å². The van der Waals surface area contributed by atoms with Crippen molar-refractivity contribution in [2.75, 3.05) is 0 Å². The molecule has 0 N–H and O–H groups in total. The molecule has 70 heavy (non-hydrogen) atoms. The monoisotopic (exact) mass is 975 g/mol. The van der Waals surface area contributed by atoms with Gasteiger partial charge in [-0.05, 0) is 228 Å². The summed E-state index contributed by atoms with van der Waals surface area (Å²) in [5.74, 6) is 8.86. The smallest absolute Gasteiger partial charge is 0.400 e. The van der Waals surface area contributed by atoms with Crippen LogP contribution in [0.5, 0.6) is 0 Å². The van der Waals surface area contributed by atoms with E-state index in [1.807, 2.05) is 5.98 Å². The summed E-state index contributed by atoms with van der Waals surface area (Å²) < 4.78 is 76.1. The lowest BCUT2D eigenvalue weighted by Crippen LogP contribution is -2.41. The molecule has 0 atom stereocenters. The van der Waals surface area contributed by atoms with Crippen molar-refractivity contribution in [2.45, 2.75) is 285 Å². The number of terminal acetylenes is 1. The van der Waals surface area contributed by atoms with Gasteiger partial charge in [-0.15, -0.1) is 12.3 Å². The van der Waals surface area contributed by atoms with E-state index >= 15 is 0 Å². The van der Waals surface area contributed by atoms with Gasteiger partial charge >= 0.3 is 42.7 Å². The Hall–Kier alpha value is -1.31. The molecule has 12 nitrogen and oxygen atoms in total. The third kappa shape index (κ3) is 12.8. The van der Waals surface area contributed by atoms with Gasteiger partial charge in [0.25, 0.3) is 0 Å². The topological polar surface area (TPSA) is 111 Å². The quantitative estimate of drug-likeness (QED) is 0.0885. The zero-order valence-corrected chi connectivity index (χ0v) is 48.3. The molecule has 6 saturated heterocycles. The highest BCUT2D eigenvalue weighted by atomic mass is 16.7. The van der Waals surface area contributed by atoms with E-state index < -0.39 is 80.4 Å². The van der Waals surface area contributed by atoms with Gasteiger partial charge in [-0.3, -0.25) is 0 Å². The molecule has 0 bridgehead atoms. The van der Waals surface area contributed by atoms with Crippen LogP contribution in [0.2, 0.25) is 0 Å². The second-order valence-electron chi connectivity index (χ2n) is 26.5. The van der Waals surface area contributed by atoms with Crippen molar-refractivity contribution in [1.29, 1.82) is 0 Å². The van der Waals surface area contributed by atoms with Gasteiger partial charge in [-0.1, -0.05) is 17.9 Å². The molecule has 6 rings (SSSR count). The summed E-state index contributed by atoms with van der Waals surface area (Å²) in [5, 5.41) is 0. The first kappa shape index (κ1) is 59.6. The fraction of sp³-hybridized carbons (Fsp3) is 0.846. The van der Waals surface area contributed by atoms with Crippen molar-refractivity contribution in [2.24, 2.45) is 0 Å². The number of unbranched alkanes of at least 4 members (excludes halogenated alkanes) is 3. The molecule has 0 aromatic carbocycles. The van der Waals surface area contributed by atoms with Gasteiger partial charge in [0.2, 0.25) is 0 Å². The van der Waals surface area contributed by atoms with Crippen LogP contribution in [0.15, 0.2) is 34.3 Å². The predicted octanol–water partition coefficient (Wildman–Crippen LogP) is 11.3. The van der Waals surface area contributed by atoms with Gasteiger partial charge in [-0.25, -0.2) is 0 Å². The summed E-state index contributed by atoms with van der Waals surface area (Å²) in [6, 6.07) is 0. The lowest BCUT2D eigenvalue weighted by atomic mass is 9.67. The molecule has 0 saturated carbocycles. The Morgan fingerprint density at radius 3 is 0.657 bits per heavy atom. The maximum absolute atomic E-state index is 6.49. The minimum Gasteiger partial charge on any atom is -0.400 e. The Labute approximate surface area is 428 Å². The van der Waals surface area contributed by atoms with Crippen LogP contribution in [-0.2, 0) is 55.9 Å². The van der Waals surface area contributed by atoms with Crippen LogP contribution in [-0.4, -0.2) is 110 Å². The normalized spacial score (nSPS) is 28.4. The van der Waals surface area contributed by atoms with Crippen LogP contribution in [0.1, 0.15) is 218 Å². The molecule has 6 aliphatic heterocycles. The minimum absolute atomic E-state index is 0.362. The molecule has 0 unspecified atom stereocenters. The largest absolute Gasteiger partial charge is 0.489 e. The summed E-state index contributed by atoms with van der Waals surface area (Å²) in [6.45, 7) is 49.7. The van der Waals surface area contributed by atoms with E-state index in [1.54, 1.807) is 0 Å². The highest BCUT2D eigenvalue weighted by molar-refractivity contribution is 6.61. The number of hydrogen-bond donors (Lipinski definition) is 0. The molecule has 390 valence electrons. The molecule has 0 spiro atoms. The highest BCUT2D eigenvalue weighted by Gasteiger charge is 2.58. The van der Waals surface area contributed by atoms with Crippen molar-refractivity contribution in [1.82, 2.24) is 0 Å². The molecule has 6 aliphatic rings. The third-order valence-electron chi connectivity index (χ3n) is 17.8. The molecular formula is C52H92B6O12. The molecule has 0 amide bonds. The standard InChI is InChI=1S/C32H58B4O8.C20H34B2O4/c1-25(2)26(3,4)38-33(37-25)21-23(35-41-29(9,10)30(11,12)42-35)19-17-18-20-24(36-43-31(13,14)32(15,16)44-36)22-34-39-27(5,6)28(7,8)40-34;1-10-11-12-13-14-16(22-25-19(6,7)20(8,9)26-22)15-21-23-17(2,3)18(4,5)24-21/h21-22H,17-20H2,1-16H3;1,15H,11-14H2,2-9H3/b23-21-,24-22-;16-15-. The van der Waals surface area contributed by atoms with Gasteiger partial charge in [0.1, 0.15) is 0 Å². The zero-order chi connectivity index (χ0) is 53.2. The van der Waals surface area contributed by atoms with Gasteiger partial charge in [0, 0.05) is 6.42 Å². The van der Waals surface area contributed by atoms with Crippen molar-refractivity contribution in [3.8, 4) is 12.3 Å². The number of hydrogen-bond acceptors (Lipinski definition) is 12. The Kier molecular flexibility index (Phi) is 17.3. The van der Waals surface area contributed by atoms with Crippen LogP contribution in [0.25, 0.3) is 0 Å². The van der Waals surface area contributed by atoms with E-state index in [-0.39, 0.29) is 29.5 Å². The molecule has 0 aromatic heterocycles. The fourth-order valence-corrected chi connectivity index (χ4v) is 8.43. The van der Waals surface area contributed by atoms with Crippen molar-refractivity contribution >= 4 is 42.7 Å². The average Bonchev–Trinajstić information content (AvgIpc) is 3.83. The van der Waals surface area contributed by atoms with Crippen LogP contribution in [0, 0.1) is 12.3 Å². The van der Waals surface area contributed by atoms with Gasteiger partial charge < -0.3 is 55.9 Å². The van der Waals surface area contributed by atoms with Gasteiger partial charge in [0.15, 0.2) is 0 Å². The maximum Gasteiger partial charge on any atom is 0.489 e. The number of allylic oxidation sites excluding steroid dienone is 3. The Morgan fingerprint density at radius 2 is 0.471 bits per heavy atom. The highest BCUT2D eigenvalue weighted by Crippen LogP contribution is 2.45. The second-order valence-corrected chi connectivity index (χ2v) is 26.5. The minimum atomic E-state index is -0.474. The molecule has 0 radical (unpaired) electrons. The fourth-order valence-electron chi connectivity index (χ4n) is 8.43. The molecule has 0 aliphatic carbocycles. The van der Waals surface area contributed by atoms with Crippen molar-refractivity contribution in [3.05, 3.63) is 34.3 Å². The van der Waals surface area contributed by atoms with E-state index in [4.69, 9.17) is 62.3 Å². The Bertz CT molecular complexity index is 1810. The maximum atomic E-state index is 6.49. The van der Waals surface area contributed by atoms with E-state index in [0.29, 0.717) is 0 Å². The summed E-state index contributed by atoms with van der Waals surface area (Å²) >= 11 is 0. The first-order valence-electron chi connectivity index (χ1n) is 26.2. The second kappa shape index (κ2) is 20.3. The van der Waals surface area contributed by atoms with Crippen LogP contribution >= 0.6 is 0 Å². The summed E-state index contributed by atoms with van der Waals surface area (Å²) in [5.41, 5.74) is -1.79. The Morgan fingerprint density at radius 1 is 0.300 bits per heavy atom. The number of rotatable bonds is 15. The van der Waals surface area contributed by atoms with Gasteiger partial charge in [-0.2, -0.15) is 0 Å². The van der Waals surface area contributed by atoms with Crippen LogP contribution in [0.3, 0.4) is 0 Å². The van der Waals surface area contributed by atoms with Crippen LogP contribution in [0.4, 0.5) is 0 Å². The first-order valence-corrected chi connectivity index (χ1v) is 26.2. The average molecular weight is 974 g/mol. The third-order valence-corrected chi connectivity index (χ3v) is 17.8. The molecule has 0 aromatic rings. The molecule has 18 heteroatoms. The van der Waals surface area contributed by atoms with E-state index in [2.05, 4.69) is 184 Å². The van der Waals surface area contributed by atoms with Crippen LogP contribution < -0.4 is 0 Å². The lowest BCUT2D eigenvalue weighted by Gasteiger charge is -2.32.